The predicted octanol–water partition coefficient (Wildman–Crippen LogP) is 5.32. The van der Waals surface area contributed by atoms with Gasteiger partial charge in [0.15, 0.2) is 0 Å². The third kappa shape index (κ3) is 2.99. The van der Waals surface area contributed by atoms with E-state index in [2.05, 4.69) is 65.6 Å². The molecule has 2 nitrogen and oxygen atoms in total. The van der Waals surface area contributed by atoms with Crippen LogP contribution in [0.25, 0.3) is 11.1 Å². The lowest BCUT2D eigenvalue weighted by Gasteiger charge is -2.17. The van der Waals surface area contributed by atoms with Gasteiger partial charge in [-0.3, -0.25) is 0 Å². The minimum atomic E-state index is 0.296. The maximum Gasteiger partial charge on any atom is 0.0460 e. The van der Waals surface area contributed by atoms with Gasteiger partial charge in [-0.2, -0.15) is 11.8 Å². The molecular formula is C21H23NOS. The number of anilines is 2. The summed E-state index contributed by atoms with van der Waals surface area (Å²) < 4.78 is 0. The predicted molar refractivity (Wildman–Crippen MR) is 105 cm³/mol. The van der Waals surface area contributed by atoms with Gasteiger partial charge in [-0.05, 0) is 54.7 Å². The summed E-state index contributed by atoms with van der Waals surface area (Å²) in [5.41, 5.74) is 8.13. The number of thioether (sulfide) groups is 1. The Kier molecular flexibility index (Phi) is 4.63. The maximum absolute atomic E-state index is 9.20. The van der Waals surface area contributed by atoms with Gasteiger partial charge in [0.25, 0.3) is 0 Å². The molecule has 0 aliphatic carbocycles. The number of aliphatic hydroxyl groups is 1. The molecule has 24 heavy (non-hydrogen) atoms. The van der Waals surface area contributed by atoms with Gasteiger partial charge in [-0.25, -0.2) is 0 Å². The van der Waals surface area contributed by atoms with Gasteiger partial charge in [-0.15, -0.1) is 0 Å². The van der Waals surface area contributed by atoms with E-state index in [0.29, 0.717) is 11.9 Å². The zero-order valence-electron chi connectivity index (χ0n) is 13.8. The molecule has 0 amide bonds. The number of rotatable bonds is 3. The number of allylic oxidation sites excluding steroid dienone is 2. The topological polar surface area (TPSA) is 32.3 Å². The summed E-state index contributed by atoms with van der Waals surface area (Å²) in [5, 5.41) is 13.5. The van der Waals surface area contributed by atoms with Gasteiger partial charge >= 0.3 is 0 Å². The molecule has 0 bridgehead atoms. The van der Waals surface area contributed by atoms with Crippen LogP contribution in [0.15, 0.2) is 48.5 Å². The molecular weight excluding hydrogens is 314 g/mol. The second kappa shape index (κ2) is 7.04. The van der Waals surface area contributed by atoms with E-state index in [-0.39, 0.29) is 0 Å². The van der Waals surface area contributed by atoms with E-state index in [0.717, 1.165) is 31.4 Å². The van der Waals surface area contributed by atoms with Crippen molar-refractivity contribution in [2.75, 3.05) is 17.7 Å². The normalized spacial score (nSPS) is 19.5. The molecule has 2 aliphatic rings. The Morgan fingerprint density at radius 3 is 2.33 bits per heavy atom. The number of hydrogen-bond donors (Lipinski definition) is 2. The Morgan fingerprint density at radius 2 is 1.62 bits per heavy atom. The van der Waals surface area contributed by atoms with Crippen LogP contribution >= 0.6 is 11.8 Å². The number of benzene rings is 2. The Labute approximate surface area is 148 Å². The average Bonchev–Trinajstić information content (AvgIpc) is 2.89. The fourth-order valence-electron chi connectivity index (χ4n) is 3.82. The molecule has 2 heterocycles. The highest BCUT2D eigenvalue weighted by Gasteiger charge is 2.26. The number of aliphatic hydroxyl groups excluding tert-OH is 1. The van der Waals surface area contributed by atoms with E-state index < -0.39 is 0 Å². The van der Waals surface area contributed by atoms with Crippen LogP contribution in [-0.4, -0.2) is 22.7 Å². The monoisotopic (exact) mass is 337 g/mol. The van der Waals surface area contributed by atoms with Gasteiger partial charge in [0.2, 0.25) is 0 Å². The molecule has 124 valence electrons. The highest BCUT2D eigenvalue weighted by molar-refractivity contribution is 7.99. The summed E-state index contributed by atoms with van der Waals surface area (Å²) in [5.74, 6) is 1.16. The van der Waals surface area contributed by atoms with Gasteiger partial charge < -0.3 is 10.4 Å². The highest BCUT2D eigenvalue weighted by Crippen LogP contribution is 2.46. The Morgan fingerprint density at radius 1 is 0.958 bits per heavy atom. The van der Waals surface area contributed by atoms with Crippen LogP contribution in [0.3, 0.4) is 0 Å². The molecule has 2 aliphatic heterocycles. The Hall–Kier alpha value is -1.71. The first kappa shape index (κ1) is 15.8. The van der Waals surface area contributed by atoms with E-state index >= 15 is 0 Å². The molecule has 0 aromatic heterocycles. The van der Waals surface area contributed by atoms with Crippen LogP contribution in [0, 0.1) is 0 Å². The molecule has 4 rings (SSSR count). The third-order valence-electron chi connectivity index (χ3n) is 4.96. The lowest BCUT2D eigenvalue weighted by molar-refractivity contribution is 0.284. The maximum atomic E-state index is 9.20. The standard InChI is InChI=1S/C21H23NOS/c23-12-5-6-15-14-19-16(11-13-24-15)17-7-1-3-9-20(17)22-21-10-4-2-8-18(19)21/h1-4,7-10,15,22-23H,5-6,11-14H2. The highest BCUT2D eigenvalue weighted by atomic mass is 32.2. The molecule has 1 unspecified atom stereocenters. The van der Waals surface area contributed by atoms with E-state index in [4.69, 9.17) is 0 Å². The quantitative estimate of drug-likeness (QED) is 0.795. The molecule has 2 N–H and O–H groups in total. The second-order valence-corrected chi connectivity index (χ2v) is 7.89. The molecule has 3 heteroatoms. The molecule has 0 saturated carbocycles. The minimum Gasteiger partial charge on any atom is -0.396 e. The smallest absolute Gasteiger partial charge is 0.0460 e. The van der Waals surface area contributed by atoms with Crippen LogP contribution in [0.2, 0.25) is 0 Å². The van der Waals surface area contributed by atoms with Gasteiger partial charge in [0.05, 0.1) is 0 Å². The first-order valence-corrected chi connectivity index (χ1v) is 9.82. The van der Waals surface area contributed by atoms with Crippen molar-refractivity contribution in [3.8, 4) is 0 Å². The second-order valence-electron chi connectivity index (χ2n) is 6.49. The number of hydrogen-bond acceptors (Lipinski definition) is 3. The fourth-order valence-corrected chi connectivity index (χ4v) is 5.09. The van der Waals surface area contributed by atoms with Crippen LogP contribution < -0.4 is 5.32 Å². The lowest BCUT2D eigenvalue weighted by atomic mass is 9.89. The van der Waals surface area contributed by atoms with Crippen molar-refractivity contribution in [3.63, 3.8) is 0 Å². The Bertz CT molecular complexity index is 768. The summed E-state index contributed by atoms with van der Waals surface area (Å²) in [6.07, 6.45) is 4.20. The summed E-state index contributed by atoms with van der Waals surface area (Å²) in [7, 11) is 0. The lowest BCUT2D eigenvalue weighted by Crippen LogP contribution is -2.05. The Balaban J connectivity index is 1.83. The largest absolute Gasteiger partial charge is 0.396 e. The summed E-state index contributed by atoms with van der Waals surface area (Å²) >= 11 is 2.07. The molecule has 0 spiro atoms. The zero-order valence-corrected chi connectivity index (χ0v) is 14.6. The number of nitrogens with one attached hydrogen (secondary N) is 1. The van der Waals surface area contributed by atoms with Crippen LogP contribution in [-0.2, 0) is 0 Å². The summed E-state index contributed by atoms with van der Waals surface area (Å²) in [4.78, 5) is 0. The first-order valence-electron chi connectivity index (χ1n) is 8.77. The SMILES string of the molecule is OCCCC1CC2=C(CCS1)c1ccccc1Nc1ccccc12. The fraction of sp³-hybridized carbons (Fsp3) is 0.333. The van der Waals surface area contributed by atoms with Crippen molar-refractivity contribution >= 4 is 34.3 Å². The summed E-state index contributed by atoms with van der Waals surface area (Å²) in [6.45, 7) is 0.296. The van der Waals surface area contributed by atoms with Crippen LogP contribution in [0.5, 0.6) is 0 Å². The van der Waals surface area contributed by atoms with Gasteiger partial charge in [0, 0.05) is 34.4 Å². The van der Waals surface area contributed by atoms with Crippen LogP contribution in [0.4, 0.5) is 11.4 Å². The van der Waals surface area contributed by atoms with Crippen molar-refractivity contribution in [1.82, 2.24) is 0 Å². The van der Waals surface area contributed by atoms with Crippen molar-refractivity contribution in [2.45, 2.75) is 30.9 Å². The van der Waals surface area contributed by atoms with E-state index in [9.17, 15) is 5.11 Å². The van der Waals surface area contributed by atoms with Crippen molar-refractivity contribution in [2.24, 2.45) is 0 Å². The van der Waals surface area contributed by atoms with E-state index in [1.807, 2.05) is 0 Å². The molecule has 0 fully saturated rings. The zero-order chi connectivity index (χ0) is 16.4. The molecule has 0 radical (unpaired) electrons. The average molecular weight is 337 g/mol. The minimum absolute atomic E-state index is 0.296. The van der Waals surface area contributed by atoms with E-state index in [1.54, 1.807) is 0 Å². The van der Waals surface area contributed by atoms with Crippen molar-refractivity contribution in [1.29, 1.82) is 0 Å². The summed E-state index contributed by atoms with van der Waals surface area (Å²) in [6, 6.07) is 17.4. The van der Waals surface area contributed by atoms with Gasteiger partial charge in [-0.1, -0.05) is 36.4 Å². The first-order chi connectivity index (χ1) is 11.9. The van der Waals surface area contributed by atoms with Crippen molar-refractivity contribution < 1.29 is 5.11 Å². The molecule has 2 aromatic rings. The number of fused-ring (bicyclic) bond motifs is 4. The van der Waals surface area contributed by atoms with Crippen LogP contribution in [0.1, 0.15) is 36.8 Å². The number of para-hydroxylation sites is 2. The third-order valence-corrected chi connectivity index (χ3v) is 6.27. The van der Waals surface area contributed by atoms with Gasteiger partial charge in [0.1, 0.15) is 0 Å². The molecule has 2 aromatic carbocycles. The molecule has 0 saturated heterocycles. The van der Waals surface area contributed by atoms with Crippen molar-refractivity contribution in [3.05, 3.63) is 59.7 Å². The van der Waals surface area contributed by atoms with E-state index in [1.165, 1.54) is 33.6 Å². The molecule has 1 atom stereocenters.